The number of anilines is 2. The molecule has 1 saturated heterocycles. The van der Waals surface area contributed by atoms with Gasteiger partial charge in [0.15, 0.2) is 0 Å². The van der Waals surface area contributed by atoms with Crippen molar-refractivity contribution in [1.82, 2.24) is 15.0 Å². The molecule has 0 saturated carbocycles. The molecule has 3 heterocycles. The van der Waals surface area contributed by atoms with E-state index in [-0.39, 0.29) is 6.10 Å². The van der Waals surface area contributed by atoms with Crippen molar-refractivity contribution in [2.24, 2.45) is 0 Å². The van der Waals surface area contributed by atoms with Gasteiger partial charge in [-0.3, -0.25) is 0 Å². The van der Waals surface area contributed by atoms with Crippen molar-refractivity contribution < 1.29 is 4.74 Å². The Morgan fingerprint density at radius 2 is 2.37 bits per heavy atom. The number of morpholine rings is 1. The highest BCUT2D eigenvalue weighted by Gasteiger charge is 2.25. The molecule has 0 aliphatic carbocycles. The lowest BCUT2D eigenvalue weighted by atomic mass is 10.2. The largest absolute Gasteiger partial charge is 0.368 e. The zero-order valence-corrected chi connectivity index (χ0v) is 11.4. The predicted molar refractivity (Wildman–Crippen MR) is 74.2 cm³/mol. The zero-order valence-electron chi connectivity index (χ0n) is 10.6. The molecule has 100 valence electrons. The summed E-state index contributed by atoms with van der Waals surface area (Å²) in [5, 5.41) is 2.97. The Hall–Kier alpha value is -1.73. The van der Waals surface area contributed by atoms with Gasteiger partial charge in [-0.25, -0.2) is 9.97 Å². The highest BCUT2D eigenvalue weighted by atomic mass is 32.1. The summed E-state index contributed by atoms with van der Waals surface area (Å²) in [6.07, 6.45) is 1.81. The predicted octanol–water partition coefficient (Wildman–Crippen LogP) is 1.40. The van der Waals surface area contributed by atoms with Crippen LogP contribution in [0.15, 0.2) is 17.6 Å². The van der Waals surface area contributed by atoms with Crippen molar-refractivity contribution in [2.45, 2.75) is 13.0 Å². The van der Waals surface area contributed by atoms with Gasteiger partial charge in [-0.1, -0.05) is 0 Å². The van der Waals surface area contributed by atoms with Gasteiger partial charge >= 0.3 is 0 Å². The van der Waals surface area contributed by atoms with Gasteiger partial charge in [-0.2, -0.15) is 4.98 Å². The fraction of sp³-hybridized carbons (Fsp3) is 0.417. The van der Waals surface area contributed by atoms with Crippen molar-refractivity contribution in [3.63, 3.8) is 0 Å². The second-order valence-corrected chi connectivity index (χ2v) is 5.33. The van der Waals surface area contributed by atoms with E-state index in [1.54, 1.807) is 17.5 Å². The first kappa shape index (κ1) is 12.3. The summed E-state index contributed by atoms with van der Waals surface area (Å²) < 4.78 is 5.77. The highest BCUT2D eigenvalue weighted by molar-refractivity contribution is 7.09. The Morgan fingerprint density at radius 3 is 3.11 bits per heavy atom. The third kappa shape index (κ3) is 2.66. The Bertz CT molecular complexity index is 539. The van der Waals surface area contributed by atoms with E-state index in [1.165, 1.54) is 0 Å². The molecule has 1 aliphatic heterocycles. The lowest BCUT2D eigenvalue weighted by Gasteiger charge is -2.32. The number of ether oxygens (including phenoxy) is 1. The number of rotatable bonds is 2. The van der Waals surface area contributed by atoms with Crippen LogP contribution in [0.25, 0.3) is 0 Å². The summed E-state index contributed by atoms with van der Waals surface area (Å²) in [6, 6.07) is 1.95. The molecule has 2 aromatic rings. The number of nitrogens with two attached hydrogens (primary N) is 1. The molecular weight excluding hydrogens is 262 g/mol. The quantitative estimate of drug-likeness (QED) is 0.894. The normalized spacial score (nSPS) is 19.6. The van der Waals surface area contributed by atoms with Crippen LogP contribution in [0.2, 0.25) is 0 Å². The summed E-state index contributed by atoms with van der Waals surface area (Å²) in [7, 11) is 0. The maximum Gasteiger partial charge on any atom is 0.222 e. The van der Waals surface area contributed by atoms with Crippen LogP contribution in [0.1, 0.15) is 16.8 Å². The Kier molecular flexibility index (Phi) is 3.31. The van der Waals surface area contributed by atoms with Gasteiger partial charge in [0.2, 0.25) is 5.95 Å². The van der Waals surface area contributed by atoms with Gasteiger partial charge in [-0.15, -0.1) is 11.3 Å². The molecule has 19 heavy (non-hydrogen) atoms. The van der Waals surface area contributed by atoms with E-state index in [0.717, 1.165) is 29.6 Å². The van der Waals surface area contributed by atoms with E-state index in [2.05, 4.69) is 19.9 Å². The van der Waals surface area contributed by atoms with Crippen molar-refractivity contribution >= 4 is 23.1 Å². The van der Waals surface area contributed by atoms with Gasteiger partial charge in [-0.05, 0) is 6.92 Å². The van der Waals surface area contributed by atoms with Gasteiger partial charge in [0.25, 0.3) is 0 Å². The Labute approximate surface area is 115 Å². The molecule has 2 N–H and O–H groups in total. The number of aromatic nitrogens is 3. The number of nitrogens with zero attached hydrogens (tertiary/aromatic N) is 4. The van der Waals surface area contributed by atoms with Crippen LogP contribution in [-0.4, -0.2) is 34.6 Å². The second kappa shape index (κ2) is 5.10. The third-order valence-electron chi connectivity index (χ3n) is 2.98. The summed E-state index contributed by atoms with van der Waals surface area (Å²) in [4.78, 5) is 14.9. The van der Waals surface area contributed by atoms with Crippen LogP contribution in [-0.2, 0) is 4.74 Å². The molecule has 0 aromatic carbocycles. The van der Waals surface area contributed by atoms with Crippen LogP contribution >= 0.6 is 11.3 Å². The van der Waals surface area contributed by atoms with Gasteiger partial charge in [0.1, 0.15) is 16.9 Å². The number of nitrogen functional groups attached to an aromatic ring is 1. The van der Waals surface area contributed by atoms with E-state index in [4.69, 9.17) is 10.5 Å². The number of hydrogen-bond donors (Lipinski definition) is 1. The fourth-order valence-electron chi connectivity index (χ4n) is 2.14. The van der Waals surface area contributed by atoms with Crippen molar-refractivity contribution in [3.8, 4) is 0 Å². The Balaban J connectivity index is 1.81. The molecule has 2 aromatic heterocycles. The molecule has 1 atom stereocenters. The molecule has 3 rings (SSSR count). The molecule has 7 heteroatoms. The first-order valence-electron chi connectivity index (χ1n) is 6.09. The monoisotopic (exact) mass is 277 g/mol. The zero-order chi connectivity index (χ0) is 13.2. The maximum absolute atomic E-state index is 5.77. The lowest BCUT2D eigenvalue weighted by Crippen LogP contribution is -2.39. The van der Waals surface area contributed by atoms with E-state index in [9.17, 15) is 0 Å². The van der Waals surface area contributed by atoms with Crippen molar-refractivity contribution in [1.29, 1.82) is 0 Å². The summed E-state index contributed by atoms with van der Waals surface area (Å²) in [5.41, 5.74) is 6.58. The molecule has 0 amide bonds. The fourth-order valence-corrected chi connectivity index (χ4v) is 2.81. The van der Waals surface area contributed by atoms with E-state index in [1.807, 2.05) is 18.4 Å². The topological polar surface area (TPSA) is 77.2 Å². The van der Waals surface area contributed by atoms with Crippen LogP contribution in [0, 0.1) is 6.92 Å². The second-order valence-electron chi connectivity index (χ2n) is 4.40. The first-order valence-corrected chi connectivity index (χ1v) is 6.97. The standard InChI is InChI=1S/C12H15N5OS/c1-8-6-10(16-12(13)15-8)17-3-4-18-9(7-17)11-14-2-5-19-11/h2,5-6,9H,3-4,7H2,1H3,(H2,13,15,16)/t9-/m0/s1. The average molecular weight is 277 g/mol. The lowest BCUT2D eigenvalue weighted by molar-refractivity contribution is 0.0393. The van der Waals surface area contributed by atoms with Gasteiger partial charge < -0.3 is 15.4 Å². The first-order chi connectivity index (χ1) is 9.22. The molecule has 0 radical (unpaired) electrons. The van der Waals surface area contributed by atoms with E-state index < -0.39 is 0 Å². The maximum atomic E-state index is 5.77. The van der Waals surface area contributed by atoms with Crippen LogP contribution in [0.4, 0.5) is 11.8 Å². The average Bonchev–Trinajstić information content (AvgIpc) is 2.92. The summed E-state index contributed by atoms with van der Waals surface area (Å²) in [5.74, 6) is 1.17. The van der Waals surface area contributed by atoms with Crippen LogP contribution in [0.5, 0.6) is 0 Å². The number of aryl methyl sites for hydroxylation is 1. The summed E-state index contributed by atoms with van der Waals surface area (Å²) in [6.45, 7) is 4.12. The van der Waals surface area contributed by atoms with E-state index in [0.29, 0.717) is 12.6 Å². The van der Waals surface area contributed by atoms with Crippen LogP contribution in [0.3, 0.4) is 0 Å². The SMILES string of the molecule is Cc1cc(N2CCO[C@H](c3nccs3)C2)nc(N)n1. The summed E-state index contributed by atoms with van der Waals surface area (Å²) >= 11 is 1.61. The third-order valence-corrected chi connectivity index (χ3v) is 3.84. The highest BCUT2D eigenvalue weighted by Crippen LogP contribution is 2.26. The minimum absolute atomic E-state index is 0.00486. The minimum Gasteiger partial charge on any atom is -0.368 e. The molecule has 0 spiro atoms. The van der Waals surface area contributed by atoms with Crippen molar-refractivity contribution in [2.75, 3.05) is 30.3 Å². The van der Waals surface area contributed by atoms with E-state index >= 15 is 0 Å². The smallest absolute Gasteiger partial charge is 0.222 e. The van der Waals surface area contributed by atoms with Crippen LogP contribution < -0.4 is 10.6 Å². The minimum atomic E-state index is 0.00486. The number of hydrogen-bond acceptors (Lipinski definition) is 7. The van der Waals surface area contributed by atoms with Gasteiger partial charge in [0.05, 0.1) is 13.2 Å². The number of thiazole rings is 1. The molecule has 0 unspecified atom stereocenters. The molecule has 0 bridgehead atoms. The molecule has 1 fully saturated rings. The molecule has 6 nitrogen and oxygen atoms in total. The Morgan fingerprint density at radius 1 is 1.47 bits per heavy atom. The molecule has 1 aliphatic rings. The van der Waals surface area contributed by atoms with Crippen molar-refractivity contribution in [3.05, 3.63) is 28.3 Å². The van der Waals surface area contributed by atoms with Gasteiger partial charge in [0, 0.05) is 29.9 Å². The molecular formula is C12H15N5OS.